The van der Waals surface area contributed by atoms with E-state index in [-0.39, 0.29) is 29.8 Å². The highest BCUT2D eigenvalue weighted by molar-refractivity contribution is 9.10. The third-order valence-electron chi connectivity index (χ3n) is 3.56. The van der Waals surface area contributed by atoms with Crippen LogP contribution in [0.3, 0.4) is 0 Å². The summed E-state index contributed by atoms with van der Waals surface area (Å²) in [6.07, 6.45) is 1.77. The van der Waals surface area contributed by atoms with E-state index in [1.807, 2.05) is 0 Å². The predicted molar refractivity (Wildman–Crippen MR) is 74.9 cm³/mol. The summed E-state index contributed by atoms with van der Waals surface area (Å²) in [6.45, 7) is 0. The van der Waals surface area contributed by atoms with E-state index in [1.54, 1.807) is 6.07 Å². The minimum absolute atomic E-state index is 0.0155. The van der Waals surface area contributed by atoms with Gasteiger partial charge in [-0.25, -0.2) is 4.39 Å². The number of halogens is 2. The Morgan fingerprint density at radius 2 is 2.15 bits per heavy atom. The van der Waals surface area contributed by atoms with E-state index in [9.17, 15) is 9.18 Å². The van der Waals surface area contributed by atoms with Crippen molar-refractivity contribution in [2.45, 2.75) is 25.2 Å². The number of ether oxygens (including phenoxy) is 2. The van der Waals surface area contributed by atoms with Crippen LogP contribution in [0.2, 0.25) is 0 Å². The van der Waals surface area contributed by atoms with E-state index < -0.39 is 11.8 Å². The molecule has 1 atom stereocenters. The highest BCUT2D eigenvalue weighted by atomic mass is 79.9. The third-order valence-corrected chi connectivity index (χ3v) is 4.21. The Hall–Kier alpha value is -1.30. The van der Waals surface area contributed by atoms with Gasteiger partial charge in [-0.1, -0.05) is 15.9 Å². The van der Waals surface area contributed by atoms with Gasteiger partial charge in [0, 0.05) is 16.0 Å². The number of carboxylic acid groups (broad SMARTS) is 1. The van der Waals surface area contributed by atoms with E-state index in [1.165, 1.54) is 14.2 Å². The van der Waals surface area contributed by atoms with Gasteiger partial charge in [-0.2, -0.15) is 0 Å². The molecule has 1 aromatic rings. The van der Waals surface area contributed by atoms with Gasteiger partial charge in [0.15, 0.2) is 17.3 Å². The number of rotatable bonds is 6. The fourth-order valence-electron chi connectivity index (χ4n) is 2.47. The van der Waals surface area contributed by atoms with E-state index in [4.69, 9.17) is 14.6 Å². The van der Waals surface area contributed by atoms with Crippen molar-refractivity contribution in [2.75, 3.05) is 14.2 Å². The Labute approximate surface area is 125 Å². The van der Waals surface area contributed by atoms with Gasteiger partial charge in [-0.05, 0) is 24.8 Å². The lowest BCUT2D eigenvalue weighted by Crippen LogP contribution is -2.12. The second kappa shape index (κ2) is 5.99. The molecule has 1 unspecified atom stereocenters. The van der Waals surface area contributed by atoms with Gasteiger partial charge in [-0.3, -0.25) is 4.79 Å². The quantitative estimate of drug-likeness (QED) is 0.855. The summed E-state index contributed by atoms with van der Waals surface area (Å²) >= 11 is 3.32. The number of carboxylic acids is 1. The predicted octanol–water partition coefficient (Wildman–Crippen LogP) is 3.57. The van der Waals surface area contributed by atoms with Crippen LogP contribution < -0.4 is 9.47 Å². The maximum atomic E-state index is 14.6. The van der Waals surface area contributed by atoms with Crippen molar-refractivity contribution in [1.29, 1.82) is 0 Å². The van der Waals surface area contributed by atoms with E-state index in [0.717, 1.165) is 12.8 Å². The van der Waals surface area contributed by atoms with Gasteiger partial charge in [0.2, 0.25) is 0 Å². The molecule has 0 bridgehead atoms. The molecule has 0 aromatic heterocycles. The Bertz CT molecular complexity index is 528. The molecule has 0 radical (unpaired) electrons. The molecule has 0 spiro atoms. The maximum Gasteiger partial charge on any atom is 0.303 e. The molecule has 20 heavy (non-hydrogen) atoms. The van der Waals surface area contributed by atoms with Crippen molar-refractivity contribution >= 4 is 21.9 Å². The first kappa shape index (κ1) is 15.1. The van der Waals surface area contributed by atoms with Crippen molar-refractivity contribution in [2.24, 2.45) is 5.92 Å². The molecule has 0 heterocycles. The average Bonchev–Trinajstić information content (AvgIpc) is 3.20. The second-order valence-corrected chi connectivity index (χ2v) is 5.72. The van der Waals surface area contributed by atoms with Gasteiger partial charge in [0.1, 0.15) is 0 Å². The van der Waals surface area contributed by atoms with Crippen LogP contribution in [-0.4, -0.2) is 25.3 Å². The molecule has 4 nitrogen and oxygen atoms in total. The van der Waals surface area contributed by atoms with Crippen LogP contribution in [0.5, 0.6) is 11.5 Å². The fraction of sp³-hybridized carbons (Fsp3) is 0.500. The van der Waals surface area contributed by atoms with Crippen LogP contribution in [0, 0.1) is 11.7 Å². The molecule has 1 fully saturated rings. The Balaban J connectivity index is 2.51. The van der Waals surface area contributed by atoms with Crippen LogP contribution >= 0.6 is 15.9 Å². The maximum absolute atomic E-state index is 14.6. The first-order chi connectivity index (χ1) is 9.49. The van der Waals surface area contributed by atoms with E-state index in [0.29, 0.717) is 10.0 Å². The van der Waals surface area contributed by atoms with Crippen LogP contribution in [0.1, 0.15) is 30.7 Å². The molecule has 2 rings (SSSR count). The summed E-state index contributed by atoms with van der Waals surface area (Å²) in [7, 11) is 2.79. The largest absolute Gasteiger partial charge is 0.493 e. The molecule has 110 valence electrons. The van der Waals surface area contributed by atoms with Gasteiger partial charge in [0.05, 0.1) is 20.6 Å². The summed E-state index contributed by atoms with van der Waals surface area (Å²) in [5, 5.41) is 9.04. The lowest BCUT2D eigenvalue weighted by atomic mass is 9.90. The van der Waals surface area contributed by atoms with Crippen LogP contribution in [-0.2, 0) is 4.79 Å². The van der Waals surface area contributed by atoms with Gasteiger partial charge in [0.25, 0.3) is 0 Å². The lowest BCUT2D eigenvalue weighted by molar-refractivity contribution is -0.137. The fourth-order valence-corrected chi connectivity index (χ4v) is 3.14. The summed E-state index contributed by atoms with van der Waals surface area (Å²) in [4.78, 5) is 11.0. The summed E-state index contributed by atoms with van der Waals surface area (Å²) < 4.78 is 25.3. The molecular weight excluding hydrogens is 331 g/mol. The van der Waals surface area contributed by atoms with Crippen molar-refractivity contribution in [3.63, 3.8) is 0 Å². The van der Waals surface area contributed by atoms with Gasteiger partial charge in [-0.15, -0.1) is 0 Å². The Kier molecular flexibility index (Phi) is 4.52. The number of benzene rings is 1. The monoisotopic (exact) mass is 346 g/mol. The Morgan fingerprint density at radius 3 is 2.60 bits per heavy atom. The summed E-state index contributed by atoms with van der Waals surface area (Å²) in [5.41, 5.74) is 0.368. The van der Waals surface area contributed by atoms with Crippen molar-refractivity contribution in [3.05, 3.63) is 21.9 Å². The van der Waals surface area contributed by atoms with E-state index in [2.05, 4.69) is 15.9 Å². The van der Waals surface area contributed by atoms with Crippen LogP contribution in [0.25, 0.3) is 0 Å². The third kappa shape index (κ3) is 2.90. The molecule has 1 saturated carbocycles. The number of hydrogen-bond acceptors (Lipinski definition) is 3. The first-order valence-electron chi connectivity index (χ1n) is 6.31. The van der Waals surface area contributed by atoms with E-state index >= 15 is 0 Å². The number of methoxy groups -OCH3 is 2. The number of aliphatic carboxylic acids is 1. The molecule has 0 amide bonds. The minimum atomic E-state index is -0.928. The Morgan fingerprint density at radius 1 is 1.50 bits per heavy atom. The standard InChI is InChI=1S/C14H16BrFO4/c1-19-10-6-9(15)12(13(16)14(10)20-2)8(5-11(17)18)7-3-4-7/h6-8H,3-5H2,1-2H3,(H,17,18). The van der Waals surface area contributed by atoms with Gasteiger partial charge >= 0.3 is 5.97 Å². The van der Waals surface area contributed by atoms with Gasteiger partial charge < -0.3 is 14.6 Å². The number of carbonyl (C=O) groups is 1. The average molecular weight is 347 g/mol. The van der Waals surface area contributed by atoms with Crippen LogP contribution in [0.15, 0.2) is 10.5 Å². The molecule has 1 aliphatic carbocycles. The molecule has 1 N–H and O–H groups in total. The number of hydrogen-bond donors (Lipinski definition) is 1. The zero-order valence-corrected chi connectivity index (χ0v) is 12.9. The highest BCUT2D eigenvalue weighted by Gasteiger charge is 2.37. The van der Waals surface area contributed by atoms with Crippen molar-refractivity contribution in [1.82, 2.24) is 0 Å². The molecule has 1 aliphatic rings. The lowest BCUT2D eigenvalue weighted by Gasteiger charge is -2.20. The molecule has 1 aromatic carbocycles. The molecule has 0 saturated heterocycles. The SMILES string of the molecule is COc1cc(Br)c(C(CC(=O)O)C2CC2)c(F)c1OC. The normalized spacial score (nSPS) is 15.8. The first-order valence-corrected chi connectivity index (χ1v) is 7.10. The molecule has 6 heteroatoms. The summed E-state index contributed by atoms with van der Waals surface area (Å²) in [5.74, 6) is -1.30. The van der Waals surface area contributed by atoms with Crippen LogP contribution in [0.4, 0.5) is 4.39 Å². The van der Waals surface area contributed by atoms with Crippen molar-refractivity contribution in [3.8, 4) is 11.5 Å². The molecular formula is C14H16BrFO4. The summed E-state index contributed by atoms with van der Waals surface area (Å²) in [6, 6.07) is 1.62. The zero-order valence-electron chi connectivity index (χ0n) is 11.3. The smallest absolute Gasteiger partial charge is 0.303 e. The molecule has 0 aliphatic heterocycles. The second-order valence-electron chi connectivity index (χ2n) is 4.86. The zero-order chi connectivity index (χ0) is 14.9. The highest BCUT2D eigenvalue weighted by Crippen LogP contribution is 2.50. The minimum Gasteiger partial charge on any atom is -0.493 e. The topological polar surface area (TPSA) is 55.8 Å². The van der Waals surface area contributed by atoms with Crippen molar-refractivity contribution < 1.29 is 23.8 Å².